The van der Waals surface area contributed by atoms with Crippen LogP contribution in [0.4, 0.5) is 0 Å². The molecule has 154 valence electrons. The molecule has 3 rings (SSSR count). The Bertz CT molecular complexity index is 500. The Labute approximate surface area is 165 Å². The molecule has 2 heterocycles. The van der Waals surface area contributed by atoms with E-state index in [9.17, 15) is 9.59 Å². The number of hydrogen-bond acceptors (Lipinski definition) is 3. The molecule has 0 aromatic heterocycles. The molecule has 1 atom stereocenters. The van der Waals surface area contributed by atoms with Crippen LogP contribution >= 0.6 is 0 Å². The molecule has 2 amide bonds. The van der Waals surface area contributed by atoms with Crippen molar-refractivity contribution >= 4 is 11.8 Å². The lowest BCUT2D eigenvalue weighted by molar-refractivity contribution is -0.142. The molecule has 1 aliphatic carbocycles. The Morgan fingerprint density at radius 1 is 0.852 bits per heavy atom. The SMILES string of the molecule is CC(C)CC(=O)N1CCN([C@H](C(=O)N2CCC(C)CC2)C2CCCC2)CC1. The van der Waals surface area contributed by atoms with Crippen molar-refractivity contribution in [2.24, 2.45) is 17.8 Å². The van der Waals surface area contributed by atoms with E-state index in [4.69, 9.17) is 0 Å². The zero-order chi connectivity index (χ0) is 19.4. The van der Waals surface area contributed by atoms with Gasteiger partial charge in [-0.15, -0.1) is 0 Å². The number of hydrogen-bond donors (Lipinski definition) is 0. The van der Waals surface area contributed by atoms with Gasteiger partial charge in [-0.1, -0.05) is 33.6 Å². The lowest BCUT2D eigenvalue weighted by Crippen LogP contribution is -2.59. The number of piperazine rings is 1. The van der Waals surface area contributed by atoms with E-state index in [2.05, 4.69) is 30.6 Å². The summed E-state index contributed by atoms with van der Waals surface area (Å²) in [5, 5.41) is 0. The maximum Gasteiger partial charge on any atom is 0.240 e. The minimum atomic E-state index is 0.0447. The summed E-state index contributed by atoms with van der Waals surface area (Å²) in [4.78, 5) is 32.4. The van der Waals surface area contributed by atoms with Crippen molar-refractivity contribution in [3.05, 3.63) is 0 Å². The van der Waals surface area contributed by atoms with Crippen molar-refractivity contribution in [1.29, 1.82) is 0 Å². The number of likely N-dealkylation sites (tertiary alicyclic amines) is 1. The Hall–Kier alpha value is -1.10. The summed E-state index contributed by atoms with van der Waals surface area (Å²) >= 11 is 0. The lowest BCUT2D eigenvalue weighted by Gasteiger charge is -2.43. The minimum Gasteiger partial charge on any atom is -0.341 e. The molecule has 2 saturated heterocycles. The zero-order valence-electron chi connectivity index (χ0n) is 17.7. The lowest BCUT2D eigenvalue weighted by atomic mass is 9.92. The molecule has 0 aromatic rings. The average Bonchev–Trinajstić information content (AvgIpc) is 3.16. The van der Waals surface area contributed by atoms with E-state index in [1.54, 1.807) is 0 Å². The van der Waals surface area contributed by atoms with Gasteiger partial charge in [0.15, 0.2) is 0 Å². The third kappa shape index (κ3) is 5.24. The van der Waals surface area contributed by atoms with Crippen LogP contribution < -0.4 is 0 Å². The third-order valence-electron chi connectivity index (χ3n) is 6.84. The van der Waals surface area contributed by atoms with Gasteiger partial charge in [0.2, 0.25) is 11.8 Å². The van der Waals surface area contributed by atoms with Gasteiger partial charge in [-0.25, -0.2) is 0 Å². The van der Waals surface area contributed by atoms with E-state index in [1.165, 1.54) is 25.7 Å². The predicted octanol–water partition coefficient (Wildman–Crippen LogP) is 2.99. The Kier molecular flexibility index (Phi) is 7.18. The second kappa shape index (κ2) is 9.40. The number of amides is 2. The van der Waals surface area contributed by atoms with Crippen LogP contribution in [-0.2, 0) is 9.59 Å². The van der Waals surface area contributed by atoms with E-state index in [1.807, 2.05) is 4.90 Å². The average molecular weight is 378 g/mol. The summed E-state index contributed by atoms with van der Waals surface area (Å²) in [5.41, 5.74) is 0. The largest absolute Gasteiger partial charge is 0.341 e. The molecular formula is C22H39N3O2. The van der Waals surface area contributed by atoms with Crippen LogP contribution in [0.2, 0.25) is 0 Å². The normalized spacial score (nSPS) is 24.6. The van der Waals surface area contributed by atoms with Gasteiger partial charge in [0.1, 0.15) is 0 Å². The Morgan fingerprint density at radius 2 is 1.44 bits per heavy atom. The van der Waals surface area contributed by atoms with E-state index < -0.39 is 0 Å². The molecule has 0 aromatic carbocycles. The molecule has 0 spiro atoms. The van der Waals surface area contributed by atoms with Crippen molar-refractivity contribution in [2.45, 2.75) is 71.8 Å². The molecule has 0 N–H and O–H groups in total. The molecule has 0 radical (unpaired) electrons. The fourth-order valence-corrected chi connectivity index (χ4v) is 5.07. The summed E-state index contributed by atoms with van der Waals surface area (Å²) in [5.74, 6) is 2.31. The number of nitrogens with zero attached hydrogens (tertiary/aromatic N) is 3. The number of rotatable bonds is 5. The van der Waals surface area contributed by atoms with Crippen LogP contribution in [0.5, 0.6) is 0 Å². The zero-order valence-corrected chi connectivity index (χ0v) is 17.7. The molecule has 27 heavy (non-hydrogen) atoms. The first-order valence-electron chi connectivity index (χ1n) is 11.3. The molecule has 0 unspecified atom stereocenters. The summed E-state index contributed by atoms with van der Waals surface area (Å²) in [6, 6.07) is 0.0447. The number of piperidine rings is 1. The Morgan fingerprint density at radius 3 is 2.00 bits per heavy atom. The van der Waals surface area contributed by atoms with Crippen molar-refractivity contribution < 1.29 is 9.59 Å². The van der Waals surface area contributed by atoms with Gasteiger partial charge in [0, 0.05) is 45.7 Å². The Balaban J connectivity index is 1.62. The van der Waals surface area contributed by atoms with Crippen molar-refractivity contribution in [2.75, 3.05) is 39.3 Å². The van der Waals surface area contributed by atoms with E-state index in [-0.39, 0.29) is 11.9 Å². The van der Waals surface area contributed by atoms with E-state index in [0.717, 1.165) is 58.0 Å². The summed E-state index contributed by atoms with van der Waals surface area (Å²) < 4.78 is 0. The fourth-order valence-electron chi connectivity index (χ4n) is 5.07. The van der Waals surface area contributed by atoms with Gasteiger partial charge >= 0.3 is 0 Å². The first kappa shape index (κ1) is 20.6. The van der Waals surface area contributed by atoms with Gasteiger partial charge in [-0.2, -0.15) is 0 Å². The molecule has 3 fully saturated rings. The molecule has 2 aliphatic heterocycles. The highest BCUT2D eigenvalue weighted by Gasteiger charge is 2.39. The first-order valence-corrected chi connectivity index (χ1v) is 11.3. The topological polar surface area (TPSA) is 43.9 Å². The molecular weight excluding hydrogens is 338 g/mol. The monoisotopic (exact) mass is 377 g/mol. The van der Waals surface area contributed by atoms with Crippen LogP contribution in [0.3, 0.4) is 0 Å². The van der Waals surface area contributed by atoms with Crippen molar-refractivity contribution in [3.63, 3.8) is 0 Å². The van der Waals surface area contributed by atoms with Gasteiger partial charge < -0.3 is 9.80 Å². The maximum atomic E-state index is 13.5. The quantitative estimate of drug-likeness (QED) is 0.740. The van der Waals surface area contributed by atoms with Crippen LogP contribution in [0.1, 0.15) is 65.7 Å². The third-order valence-corrected chi connectivity index (χ3v) is 6.84. The highest BCUT2D eigenvalue weighted by molar-refractivity contribution is 5.82. The highest BCUT2D eigenvalue weighted by Crippen LogP contribution is 2.32. The first-order chi connectivity index (χ1) is 13.0. The van der Waals surface area contributed by atoms with E-state index >= 15 is 0 Å². The summed E-state index contributed by atoms with van der Waals surface area (Å²) in [6.07, 6.45) is 7.81. The van der Waals surface area contributed by atoms with Crippen molar-refractivity contribution in [1.82, 2.24) is 14.7 Å². The predicted molar refractivity (Wildman–Crippen MR) is 108 cm³/mol. The van der Waals surface area contributed by atoms with Crippen LogP contribution in [0.15, 0.2) is 0 Å². The van der Waals surface area contributed by atoms with Gasteiger partial charge in [0.25, 0.3) is 0 Å². The summed E-state index contributed by atoms with van der Waals surface area (Å²) in [6.45, 7) is 11.6. The molecule has 3 aliphatic rings. The maximum absolute atomic E-state index is 13.5. The second-order valence-corrected chi connectivity index (χ2v) is 9.51. The standard InChI is InChI=1S/C22H39N3O2/c1-17(2)16-20(26)23-12-14-24(15-13-23)21(19-6-4-5-7-19)22(27)25-10-8-18(3)9-11-25/h17-19,21H,4-16H2,1-3H3/t21-/m0/s1. The second-order valence-electron chi connectivity index (χ2n) is 9.51. The van der Waals surface area contributed by atoms with Crippen molar-refractivity contribution in [3.8, 4) is 0 Å². The molecule has 5 nitrogen and oxygen atoms in total. The van der Waals surface area contributed by atoms with Crippen LogP contribution in [-0.4, -0.2) is 71.8 Å². The highest BCUT2D eigenvalue weighted by atomic mass is 16.2. The van der Waals surface area contributed by atoms with Gasteiger partial charge in [-0.3, -0.25) is 14.5 Å². The molecule has 5 heteroatoms. The van der Waals surface area contributed by atoms with E-state index in [0.29, 0.717) is 24.2 Å². The summed E-state index contributed by atoms with van der Waals surface area (Å²) in [7, 11) is 0. The smallest absolute Gasteiger partial charge is 0.240 e. The molecule has 0 bridgehead atoms. The number of carbonyl (C=O) groups excluding carboxylic acids is 2. The molecule has 1 saturated carbocycles. The minimum absolute atomic E-state index is 0.0447. The van der Waals surface area contributed by atoms with Gasteiger partial charge in [-0.05, 0) is 43.4 Å². The van der Waals surface area contributed by atoms with Crippen LogP contribution in [0.25, 0.3) is 0 Å². The fraction of sp³-hybridized carbons (Fsp3) is 0.909. The van der Waals surface area contributed by atoms with Crippen LogP contribution in [0, 0.1) is 17.8 Å². The van der Waals surface area contributed by atoms with Gasteiger partial charge in [0.05, 0.1) is 6.04 Å². The number of carbonyl (C=O) groups is 2.